The highest BCUT2D eigenvalue weighted by molar-refractivity contribution is 5.58. The fourth-order valence-electron chi connectivity index (χ4n) is 3.58. The average molecular weight is 394 g/mol. The summed E-state index contributed by atoms with van der Waals surface area (Å²) in [6.45, 7) is 4.20. The molecule has 0 saturated carbocycles. The fraction of sp³-hybridized carbons (Fsp3) is 0.409. The number of hydrogen-bond acceptors (Lipinski definition) is 7. The van der Waals surface area contributed by atoms with Gasteiger partial charge in [0.05, 0.1) is 19.8 Å². The van der Waals surface area contributed by atoms with Crippen LogP contribution in [0.4, 0.5) is 6.01 Å². The number of hydrogen-bond donors (Lipinski definition) is 0. The molecule has 7 heteroatoms. The number of morpholine rings is 1. The summed E-state index contributed by atoms with van der Waals surface area (Å²) in [5.41, 5.74) is 3.26. The lowest BCUT2D eigenvalue weighted by Crippen LogP contribution is -2.42. The minimum absolute atomic E-state index is 0.166. The number of rotatable bonds is 7. The Kier molecular flexibility index (Phi) is 6.05. The van der Waals surface area contributed by atoms with E-state index >= 15 is 0 Å². The van der Waals surface area contributed by atoms with Gasteiger partial charge in [0.15, 0.2) is 0 Å². The second-order valence-corrected chi connectivity index (χ2v) is 7.27. The Morgan fingerprint density at radius 1 is 1.24 bits per heavy atom. The van der Waals surface area contributed by atoms with Gasteiger partial charge in [0.25, 0.3) is 0 Å². The summed E-state index contributed by atoms with van der Waals surface area (Å²) in [6.07, 6.45) is 5.14. The van der Waals surface area contributed by atoms with Gasteiger partial charge >= 0.3 is 6.01 Å². The molecule has 29 heavy (non-hydrogen) atoms. The lowest BCUT2D eigenvalue weighted by atomic mass is 10.1. The van der Waals surface area contributed by atoms with E-state index in [1.165, 1.54) is 5.56 Å². The molecule has 0 N–H and O–H groups in total. The fourth-order valence-corrected chi connectivity index (χ4v) is 3.58. The van der Waals surface area contributed by atoms with E-state index < -0.39 is 0 Å². The molecule has 3 aromatic rings. The summed E-state index contributed by atoms with van der Waals surface area (Å²) in [5.74, 6) is 1.33. The van der Waals surface area contributed by atoms with Gasteiger partial charge in [-0.15, -0.1) is 0 Å². The molecule has 1 aliphatic rings. The molecule has 1 saturated heterocycles. The molecule has 2 aromatic heterocycles. The zero-order chi connectivity index (χ0) is 20.1. The van der Waals surface area contributed by atoms with Crippen LogP contribution >= 0.6 is 0 Å². The molecule has 1 aromatic carbocycles. The van der Waals surface area contributed by atoms with E-state index in [-0.39, 0.29) is 6.10 Å². The monoisotopic (exact) mass is 394 g/mol. The predicted octanol–water partition coefficient (Wildman–Crippen LogP) is 3.68. The number of aromatic nitrogens is 3. The number of aryl methyl sites for hydroxylation is 2. The Morgan fingerprint density at radius 3 is 3.03 bits per heavy atom. The average Bonchev–Trinajstić information content (AvgIpc) is 3.25. The highest BCUT2D eigenvalue weighted by Gasteiger charge is 2.24. The second-order valence-electron chi connectivity index (χ2n) is 7.27. The summed E-state index contributed by atoms with van der Waals surface area (Å²) in [4.78, 5) is 10.9. The Balaban J connectivity index is 1.34. The first kappa shape index (κ1) is 19.4. The van der Waals surface area contributed by atoms with Crippen LogP contribution in [0.5, 0.6) is 5.75 Å². The molecular weight excluding hydrogens is 368 g/mol. The van der Waals surface area contributed by atoms with Gasteiger partial charge in [-0.25, -0.2) is 0 Å². The smallest absolute Gasteiger partial charge is 0.324 e. The van der Waals surface area contributed by atoms with E-state index in [9.17, 15) is 0 Å². The van der Waals surface area contributed by atoms with Crippen molar-refractivity contribution in [3.8, 4) is 17.1 Å². The van der Waals surface area contributed by atoms with Crippen LogP contribution in [0, 0.1) is 6.92 Å². The van der Waals surface area contributed by atoms with Crippen molar-refractivity contribution >= 4 is 6.01 Å². The van der Waals surface area contributed by atoms with E-state index in [0.29, 0.717) is 18.4 Å². The van der Waals surface area contributed by atoms with Crippen molar-refractivity contribution in [3.63, 3.8) is 0 Å². The zero-order valence-electron chi connectivity index (χ0n) is 16.9. The van der Waals surface area contributed by atoms with Gasteiger partial charge in [0.1, 0.15) is 5.75 Å². The molecule has 0 bridgehead atoms. The van der Waals surface area contributed by atoms with E-state index in [0.717, 1.165) is 49.4 Å². The maximum atomic E-state index is 5.95. The highest BCUT2D eigenvalue weighted by atomic mass is 16.5. The minimum Gasteiger partial charge on any atom is -0.497 e. The van der Waals surface area contributed by atoms with Crippen molar-refractivity contribution < 1.29 is 14.0 Å². The molecular formula is C22H26N4O3. The zero-order valence-corrected chi connectivity index (χ0v) is 16.9. The molecule has 3 heterocycles. The standard InChI is InChI=1S/C22H26N4O3/c1-16-13-17(9-10-23-16)5-3-8-20-15-26(11-12-28-20)22-24-21(25-29-22)18-6-4-7-19(14-18)27-2/h4,6-7,9-10,13-14,20H,3,5,8,11-12,15H2,1-2H3. The van der Waals surface area contributed by atoms with Crippen LogP contribution in [0.15, 0.2) is 47.1 Å². The van der Waals surface area contributed by atoms with Gasteiger partial charge in [0, 0.05) is 30.5 Å². The van der Waals surface area contributed by atoms with Crippen LogP contribution in [-0.2, 0) is 11.2 Å². The van der Waals surface area contributed by atoms with Crippen LogP contribution in [0.1, 0.15) is 24.1 Å². The van der Waals surface area contributed by atoms with Crippen molar-refractivity contribution in [1.29, 1.82) is 0 Å². The first-order chi connectivity index (χ1) is 14.2. The van der Waals surface area contributed by atoms with Crippen molar-refractivity contribution in [3.05, 3.63) is 53.9 Å². The molecule has 4 rings (SSSR count). The molecule has 0 aliphatic carbocycles. The molecule has 7 nitrogen and oxygen atoms in total. The van der Waals surface area contributed by atoms with Crippen molar-refractivity contribution in [1.82, 2.24) is 15.1 Å². The van der Waals surface area contributed by atoms with E-state index in [1.54, 1.807) is 7.11 Å². The third-order valence-corrected chi connectivity index (χ3v) is 5.11. The number of ether oxygens (including phenoxy) is 2. The molecule has 0 amide bonds. The Labute approximate surface area is 170 Å². The van der Waals surface area contributed by atoms with Crippen LogP contribution in [0.25, 0.3) is 11.4 Å². The van der Waals surface area contributed by atoms with Gasteiger partial charge in [-0.2, -0.15) is 4.98 Å². The molecule has 1 atom stereocenters. The summed E-state index contributed by atoms with van der Waals surface area (Å²) in [5, 5.41) is 4.14. The molecule has 1 aliphatic heterocycles. The second kappa shape index (κ2) is 9.05. The molecule has 1 unspecified atom stereocenters. The lowest BCUT2D eigenvalue weighted by Gasteiger charge is -2.31. The first-order valence-electron chi connectivity index (χ1n) is 9.97. The lowest BCUT2D eigenvalue weighted by molar-refractivity contribution is 0.0320. The van der Waals surface area contributed by atoms with Gasteiger partial charge in [-0.3, -0.25) is 4.98 Å². The van der Waals surface area contributed by atoms with Crippen LogP contribution in [0.3, 0.4) is 0 Å². The van der Waals surface area contributed by atoms with Gasteiger partial charge < -0.3 is 18.9 Å². The van der Waals surface area contributed by atoms with Crippen LogP contribution < -0.4 is 9.64 Å². The number of methoxy groups -OCH3 is 1. The topological polar surface area (TPSA) is 73.5 Å². The van der Waals surface area contributed by atoms with E-state index in [1.807, 2.05) is 37.4 Å². The van der Waals surface area contributed by atoms with Crippen molar-refractivity contribution in [2.45, 2.75) is 32.3 Å². The van der Waals surface area contributed by atoms with E-state index in [4.69, 9.17) is 14.0 Å². The SMILES string of the molecule is COc1cccc(-c2noc(N3CCOC(CCCc4ccnc(C)c4)C3)n2)c1. The van der Waals surface area contributed by atoms with Crippen molar-refractivity contribution in [2.24, 2.45) is 0 Å². The number of anilines is 1. The third kappa shape index (κ3) is 4.92. The van der Waals surface area contributed by atoms with Crippen LogP contribution in [0.2, 0.25) is 0 Å². The molecule has 0 spiro atoms. The first-order valence-corrected chi connectivity index (χ1v) is 9.97. The molecule has 1 fully saturated rings. The van der Waals surface area contributed by atoms with Gasteiger partial charge in [-0.05, 0) is 56.0 Å². The quantitative estimate of drug-likeness (QED) is 0.605. The maximum Gasteiger partial charge on any atom is 0.324 e. The summed E-state index contributed by atoms with van der Waals surface area (Å²) in [6, 6.07) is 12.4. The van der Waals surface area contributed by atoms with E-state index in [2.05, 4.69) is 32.2 Å². The summed E-state index contributed by atoms with van der Waals surface area (Å²) < 4.78 is 16.8. The number of benzene rings is 1. The van der Waals surface area contributed by atoms with Gasteiger partial charge in [-0.1, -0.05) is 17.3 Å². The predicted molar refractivity (Wildman–Crippen MR) is 110 cm³/mol. The Bertz CT molecular complexity index is 943. The van der Waals surface area contributed by atoms with Crippen molar-refractivity contribution in [2.75, 3.05) is 31.7 Å². The molecule has 152 valence electrons. The number of nitrogens with zero attached hydrogens (tertiary/aromatic N) is 4. The normalized spacial score (nSPS) is 16.8. The summed E-state index contributed by atoms with van der Waals surface area (Å²) in [7, 11) is 1.64. The maximum absolute atomic E-state index is 5.95. The number of pyridine rings is 1. The molecule has 0 radical (unpaired) electrons. The minimum atomic E-state index is 0.166. The van der Waals surface area contributed by atoms with Gasteiger partial charge in [0.2, 0.25) is 5.82 Å². The highest BCUT2D eigenvalue weighted by Crippen LogP contribution is 2.25. The summed E-state index contributed by atoms with van der Waals surface area (Å²) >= 11 is 0. The third-order valence-electron chi connectivity index (χ3n) is 5.11. The van der Waals surface area contributed by atoms with Crippen LogP contribution in [-0.4, -0.2) is 48.0 Å². The Hall–Kier alpha value is -2.93. The largest absolute Gasteiger partial charge is 0.497 e. The Morgan fingerprint density at radius 2 is 2.17 bits per heavy atom.